The summed E-state index contributed by atoms with van der Waals surface area (Å²) >= 11 is 0. The fraction of sp³-hybridized carbons (Fsp3) is 0.700. The molecule has 0 radical (unpaired) electrons. The largest absolute Gasteiger partial charge is 0.273 e. The lowest BCUT2D eigenvalue weighted by Crippen LogP contribution is -2.29. The van der Waals surface area contributed by atoms with Gasteiger partial charge in [-0.05, 0) is 20.3 Å². The molecule has 5 nitrogen and oxygen atoms in total. The van der Waals surface area contributed by atoms with Crippen LogP contribution in [0.5, 0.6) is 0 Å². The number of aromatic nitrogens is 2. The van der Waals surface area contributed by atoms with E-state index in [9.17, 15) is 8.42 Å². The minimum Gasteiger partial charge on any atom is -0.273 e. The molecule has 0 saturated heterocycles. The molecule has 1 aromatic heterocycles. The third-order valence-electron chi connectivity index (χ3n) is 2.57. The molecule has 1 N–H and O–H groups in total. The Labute approximate surface area is 96.9 Å². The second-order valence-corrected chi connectivity index (χ2v) is 5.84. The number of nitrogens with zero attached hydrogens (tertiary/aromatic N) is 2. The Hall–Kier alpha value is -0.880. The molecule has 16 heavy (non-hydrogen) atoms. The lowest BCUT2D eigenvalue weighted by atomic mass is 10.1. The van der Waals surface area contributed by atoms with Crippen molar-refractivity contribution in [2.45, 2.75) is 33.2 Å². The van der Waals surface area contributed by atoms with Crippen molar-refractivity contribution < 1.29 is 8.42 Å². The van der Waals surface area contributed by atoms with E-state index in [0.717, 1.165) is 11.3 Å². The summed E-state index contributed by atoms with van der Waals surface area (Å²) in [7, 11) is -1.33. The van der Waals surface area contributed by atoms with Gasteiger partial charge in [0.1, 0.15) is 0 Å². The van der Waals surface area contributed by atoms with Crippen molar-refractivity contribution in [3.8, 4) is 0 Å². The van der Waals surface area contributed by atoms with Crippen LogP contribution in [0.3, 0.4) is 0 Å². The van der Waals surface area contributed by atoms with Gasteiger partial charge in [0.15, 0.2) is 0 Å². The highest BCUT2D eigenvalue weighted by atomic mass is 32.2. The summed E-state index contributed by atoms with van der Waals surface area (Å²) in [5, 5.41) is 4.10. The number of nitrogens with one attached hydrogen (secondary N) is 1. The molecular formula is C10H19N3O2S. The number of hydrogen-bond acceptors (Lipinski definition) is 3. The van der Waals surface area contributed by atoms with Crippen LogP contribution in [0, 0.1) is 6.92 Å². The Morgan fingerprint density at radius 3 is 2.62 bits per heavy atom. The first kappa shape index (κ1) is 13.2. The zero-order chi connectivity index (χ0) is 12.3. The van der Waals surface area contributed by atoms with E-state index in [1.807, 2.05) is 27.8 Å². The molecule has 92 valence electrons. The summed E-state index contributed by atoms with van der Waals surface area (Å²) in [6.07, 6.45) is 2.32. The van der Waals surface area contributed by atoms with E-state index in [0.29, 0.717) is 6.42 Å². The molecule has 1 heterocycles. The first-order valence-corrected chi connectivity index (χ1v) is 7.01. The molecule has 1 aromatic rings. The Morgan fingerprint density at radius 2 is 2.19 bits per heavy atom. The molecule has 0 aliphatic heterocycles. The molecule has 0 aliphatic rings. The van der Waals surface area contributed by atoms with E-state index in [-0.39, 0.29) is 11.8 Å². The minimum atomic E-state index is -3.17. The fourth-order valence-corrected chi connectivity index (χ4v) is 2.92. The van der Waals surface area contributed by atoms with E-state index in [4.69, 9.17) is 0 Å². The monoisotopic (exact) mass is 245 g/mol. The fourth-order valence-electron chi connectivity index (χ4n) is 1.60. The van der Waals surface area contributed by atoms with Crippen LogP contribution < -0.4 is 4.72 Å². The van der Waals surface area contributed by atoms with E-state index in [2.05, 4.69) is 9.82 Å². The summed E-state index contributed by atoms with van der Waals surface area (Å²) < 4.78 is 27.6. The van der Waals surface area contributed by atoms with Gasteiger partial charge >= 0.3 is 0 Å². The van der Waals surface area contributed by atoms with Crippen molar-refractivity contribution in [1.82, 2.24) is 14.5 Å². The predicted octanol–water partition coefficient (Wildman–Crippen LogP) is 1.12. The summed E-state index contributed by atoms with van der Waals surface area (Å²) in [6, 6.07) is -0.231. The van der Waals surface area contributed by atoms with Gasteiger partial charge in [-0.2, -0.15) is 5.10 Å². The molecule has 1 rings (SSSR count). The standard InChI is InChI=1S/C10H19N3O2S/c1-5-6-16(14,15)12-8(2)10-7-11-13(4)9(10)3/h7-8,12H,5-6H2,1-4H3. The van der Waals surface area contributed by atoms with Crippen LogP contribution in [0.4, 0.5) is 0 Å². The average molecular weight is 245 g/mol. The number of sulfonamides is 1. The zero-order valence-corrected chi connectivity index (χ0v) is 11.0. The first-order valence-electron chi connectivity index (χ1n) is 5.36. The van der Waals surface area contributed by atoms with Crippen LogP contribution >= 0.6 is 0 Å². The van der Waals surface area contributed by atoms with Gasteiger partial charge in [0.2, 0.25) is 10.0 Å². The van der Waals surface area contributed by atoms with Crippen LogP contribution in [0.1, 0.15) is 37.6 Å². The highest BCUT2D eigenvalue weighted by Gasteiger charge is 2.17. The number of rotatable bonds is 5. The van der Waals surface area contributed by atoms with Gasteiger partial charge in [-0.15, -0.1) is 0 Å². The van der Waals surface area contributed by atoms with Crippen LogP contribution in [-0.2, 0) is 17.1 Å². The normalized spacial score (nSPS) is 14.0. The molecule has 0 spiro atoms. The average Bonchev–Trinajstić information content (AvgIpc) is 2.46. The van der Waals surface area contributed by atoms with Crippen molar-refractivity contribution in [1.29, 1.82) is 0 Å². The second-order valence-electron chi connectivity index (χ2n) is 3.97. The van der Waals surface area contributed by atoms with E-state index in [1.165, 1.54) is 0 Å². The van der Waals surface area contributed by atoms with Gasteiger partial charge in [-0.3, -0.25) is 4.68 Å². The van der Waals surface area contributed by atoms with Gasteiger partial charge in [0.05, 0.1) is 11.9 Å². The van der Waals surface area contributed by atoms with Crippen LogP contribution in [0.15, 0.2) is 6.20 Å². The molecule has 0 fully saturated rings. The predicted molar refractivity (Wildman–Crippen MR) is 63.6 cm³/mol. The molecule has 6 heteroatoms. The van der Waals surface area contributed by atoms with Gasteiger partial charge in [-0.25, -0.2) is 13.1 Å². The van der Waals surface area contributed by atoms with Crippen molar-refractivity contribution in [3.05, 3.63) is 17.5 Å². The lowest BCUT2D eigenvalue weighted by molar-refractivity contribution is 0.565. The van der Waals surface area contributed by atoms with E-state index >= 15 is 0 Å². The minimum absolute atomic E-state index is 0.163. The SMILES string of the molecule is CCCS(=O)(=O)NC(C)c1cnn(C)c1C. The smallest absolute Gasteiger partial charge is 0.212 e. The molecule has 1 atom stereocenters. The molecular weight excluding hydrogens is 226 g/mol. The maximum Gasteiger partial charge on any atom is 0.212 e. The highest BCUT2D eigenvalue weighted by Crippen LogP contribution is 2.16. The van der Waals surface area contributed by atoms with Gasteiger partial charge < -0.3 is 0 Å². The topological polar surface area (TPSA) is 64.0 Å². The first-order chi connectivity index (χ1) is 7.37. The Bertz CT molecular complexity index is 451. The molecule has 0 bridgehead atoms. The zero-order valence-electron chi connectivity index (χ0n) is 10.2. The van der Waals surface area contributed by atoms with Crippen LogP contribution in [0.25, 0.3) is 0 Å². The van der Waals surface area contributed by atoms with E-state index in [1.54, 1.807) is 10.9 Å². The second kappa shape index (κ2) is 4.97. The lowest BCUT2D eigenvalue weighted by Gasteiger charge is -2.13. The van der Waals surface area contributed by atoms with Crippen molar-refractivity contribution in [3.63, 3.8) is 0 Å². The summed E-state index contributed by atoms with van der Waals surface area (Å²) in [5.41, 5.74) is 1.90. The highest BCUT2D eigenvalue weighted by molar-refractivity contribution is 7.89. The number of aryl methyl sites for hydroxylation is 1. The van der Waals surface area contributed by atoms with Crippen LogP contribution in [0.2, 0.25) is 0 Å². The quantitative estimate of drug-likeness (QED) is 0.845. The van der Waals surface area contributed by atoms with E-state index < -0.39 is 10.0 Å². The maximum absolute atomic E-state index is 11.6. The number of hydrogen-bond donors (Lipinski definition) is 1. The summed E-state index contributed by atoms with van der Waals surface area (Å²) in [4.78, 5) is 0. The van der Waals surface area contributed by atoms with Crippen molar-refractivity contribution in [2.75, 3.05) is 5.75 Å². The Morgan fingerprint density at radius 1 is 1.56 bits per heavy atom. The van der Waals surface area contributed by atoms with Gasteiger partial charge in [0.25, 0.3) is 0 Å². The van der Waals surface area contributed by atoms with Crippen LogP contribution in [-0.4, -0.2) is 24.0 Å². The van der Waals surface area contributed by atoms with Gasteiger partial charge in [-0.1, -0.05) is 6.92 Å². The Balaban J connectivity index is 2.80. The molecule has 0 amide bonds. The van der Waals surface area contributed by atoms with Crippen molar-refractivity contribution in [2.24, 2.45) is 7.05 Å². The summed E-state index contributed by atoms with van der Waals surface area (Å²) in [5.74, 6) is 0.163. The third kappa shape index (κ3) is 3.05. The molecule has 0 aromatic carbocycles. The molecule has 1 unspecified atom stereocenters. The summed E-state index contributed by atoms with van der Waals surface area (Å²) in [6.45, 7) is 5.60. The maximum atomic E-state index is 11.6. The molecule has 0 saturated carbocycles. The third-order valence-corrected chi connectivity index (χ3v) is 4.23. The van der Waals surface area contributed by atoms with Crippen molar-refractivity contribution >= 4 is 10.0 Å². The Kier molecular flexibility index (Phi) is 4.09. The van der Waals surface area contributed by atoms with Gasteiger partial charge in [0, 0.05) is 24.3 Å². The molecule has 0 aliphatic carbocycles.